The van der Waals surface area contributed by atoms with Crippen LogP contribution in [0.2, 0.25) is 0 Å². The van der Waals surface area contributed by atoms with Crippen molar-refractivity contribution in [1.29, 1.82) is 0 Å². The third-order valence-corrected chi connectivity index (χ3v) is 4.88. The van der Waals surface area contributed by atoms with Gasteiger partial charge in [0, 0.05) is 23.9 Å². The van der Waals surface area contributed by atoms with Crippen LogP contribution in [0.1, 0.15) is 23.5 Å². The molecule has 0 saturated carbocycles. The van der Waals surface area contributed by atoms with E-state index in [0.717, 1.165) is 35.0 Å². The Labute approximate surface area is 122 Å². The molecule has 0 bridgehead atoms. The Bertz CT molecular complexity index is 624. The Morgan fingerprint density at radius 2 is 2.15 bits per heavy atom. The second kappa shape index (κ2) is 5.42. The molecule has 5 heteroatoms. The molecule has 0 spiro atoms. The predicted octanol–water partition coefficient (Wildman–Crippen LogP) is 3.03. The second-order valence-corrected chi connectivity index (χ2v) is 5.83. The highest BCUT2D eigenvalue weighted by Crippen LogP contribution is 2.41. The molecule has 0 fully saturated rings. The molecule has 0 aliphatic carbocycles. The lowest BCUT2D eigenvalue weighted by Crippen LogP contribution is -2.26. The Hall–Kier alpha value is -1.59. The maximum absolute atomic E-state index is 5.51. The first-order valence-corrected chi connectivity index (χ1v) is 7.50. The first kappa shape index (κ1) is 13.4. The first-order valence-electron chi connectivity index (χ1n) is 6.69. The fourth-order valence-corrected chi connectivity index (χ4v) is 3.71. The highest BCUT2D eigenvalue weighted by molar-refractivity contribution is 7.15. The second-order valence-electron chi connectivity index (χ2n) is 4.80. The number of aromatic nitrogens is 1. The van der Waals surface area contributed by atoms with E-state index >= 15 is 0 Å². The van der Waals surface area contributed by atoms with Gasteiger partial charge < -0.3 is 14.8 Å². The molecule has 1 aliphatic heterocycles. The highest BCUT2D eigenvalue weighted by atomic mass is 32.1. The van der Waals surface area contributed by atoms with Crippen molar-refractivity contribution in [3.63, 3.8) is 0 Å². The summed E-state index contributed by atoms with van der Waals surface area (Å²) in [5, 5.41) is 4.47. The molecule has 3 rings (SSSR count). The molecular weight excluding hydrogens is 272 g/mol. The first-order chi connectivity index (χ1) is 9.74. The number of nitrogens with one attached hydrogen (secondary N) is 1. The molecule has 1 N–H and O–H groups in total. The van der Waals surface area contributed by atoms with Gasteiger partial charge in [-0.3, -0.25) is 0 Å². The molecule has 2 aromatic rings. The summed E-state index contributed by atoms with van der Waals surface area (Å²) < 4.78 is 10.9. The standard InChI is InChI=1S/C15H18N2O2S/c1-9-14-11(7-8-16-9)17-15(20-14)10-5-4-6-12(18-2)13(10)19-3/h4-6,9,16H,7-8H2,1-3H3. The zero-order chi connectivity index (χ0) is 14.1. The summed E-state index contributed by atoms with van der Waals surface area (Å²) in [6, 6.07) is 6.28. The fourth-order valence-electron chi connectivity index (χ4n) is 2.55. The number of ether oxygens (including phenoxy) is 2. The lowest BCUT2D eigenvalue weighted by molar-refractivity contribution is 0.356. The summed E-state index contributed by atoms with van der Waals surface area (Å²) in [5.74, 6) is 1.49. The zero-order valence-electron chi connectivity index (χ0n) is 11.9. The van der Waals surface area contributed by atoms with Crippen LogP contribution < -0.4 is 14.8 Å². The molecule has 1 atom stereocenters. The van der Waals surface area contributed by atoms with Crippen molar-refractivity contribution >= 4 is 11.3 Å². The predicted molar refractivity (Wildman–Crippen MR) is 80.8 cm³/mol. The zero-order valence-corrected chi connectivity index (χ0v) is 12.7. The molecule has 1 unspecified atom stereocenters. The van der Waals surface area contributed by atoms with Crippen molar-refractivity contribution in [2.75, 3.05) is 20.8 Å². The van der Waals surface area contributed by atoms with E-state index in [9.17, 15) is 0 Å². The Balaban J connectivity index is 2.10. The van der Waals surface area contributed by atoms with E-state index in [1.165, 1.54) is 10.6 Å². The lowest BCUT2D eigenvalue weighted by atomic mass is 10.1. The van der Waals surface area contributed by atoms with Crippen molar-refractivity contribution in [2.45, 2.75) is 19.4 Å². The van der Waals surface area contributed by atoms with E-state index in [2.05, 4.69) is 12.2 Å². The molecular formula is C15H18N2O2S. The topological polar surface area (TPSA) is 43.4 Å². The normalized spacial score (nSPS) is 17.6. The number of para-hydroxylation sites is 1. The van der Waals surface area contributed by atoms with E-state index in [1.807, 2.05) is 18.2 Å². The van der Waals surface area contributed by atoms with Crippen molar-refractivity contribution in [3.8, 4) is 22.1 Å². The van der Waals surface area contributed by atoms with Gasteiger partial charge in [-0.1, -0.05) is 6.07 Å². The summed E-state index contributed by atoms with van der Waals surface area (Å²) in [6.07, 6.45) is 0.989. The number of hydrogen-bond donors (Lipinski definition) is 1. The van der Waals surface area contributed by atoms with E-state index in [1.54, 1.807) is 25.6 Å². The maximum atomic E-state index is 5.51. The Morgan fingerprint density at radius 1 is 1.30 bits per heavy atom. The molecule has 1 aromatic carbocycles. The summed E-state index contributed by atoms with van der Waals surface area (Å²) in [5.41, 5.74) is 2.21. The number of rotatable bonds is 3. The minimum absolute atomic E-state index is 0.376. The summed E-state index contributed by atoms with van der Waals surface area (Å²) in [4.78, 5) is 6.13. The molecule has 20 heavy (non-hydrogen) atoms. The quantitative estimate of drug-likeness (QED) is 0.943. The van der Waals surface area contributed by atoms with Crippen molar-refractivity contribution < 1.29 is 9.47 Å². The van der Waals surface area contributed by atoms with Gasteiger partial charge in [0.05, 0.1) is 25.5 Å². The SMILES string of the molecule is COc1cccc(-c2nc3c(s2)C(C)NCC3)c1OC. The van der Waals surface area contributed by atoms with E-state index < -0.39 is 0 Å². The minimum atomic E-state index is 0.376. The van der Waals surface area contributed by atoms with Crippen LogP contribution in [0.25, 0.3) is 10.6 Å². The van der Waals surface area contributed by atoms with Crippen LogP contribution in [-0.4, -0.2) is 25.7 Å². The van der Waals surface area contributed by atoms with Gasteiger partial charge in [0.2, 0.25) is 0 Å². The van der Waals surface area contributed by atoms with Crippen LogP contribution in [0.3, 0.4) is 0 Å². The Morgan fingerprint density at radius 3 is 2.85 bits per heavy atom. The minimum Gasteiger partial charge on any atom is -0.493 e. The molecule has 0 radical (unpaired) electrons. The number of nitrogens with zero attached hydrogens (tertiary/aromatic N) is 1. The van der Waals surface area contributed by atoms with Crippen molar-refractivity contribution in [1.82, 2.24) is 10.3 Å². The molecule has 106 valence electrons. The van der Waals surface area contributed by atoms with E-state index in [0.29, 0.717) is 6.04 Å². The Kier molecular flexibility index (Phi) is 3.63. The molecule has 2 heterocycles. The molecule has 1 aromatic heterocycles. The van der Waals surface area contributed by atoms with E-state index in [4.69, 9.17) is 14.5 Å². The summed E-state index contributed by atoms with van der Waals surface area (Å²) in [7, 11) is 3.32. The van der Waals surface area contributed by atoms with Crippen LogP contribution in [-0.2, 0) is 6.42 Å². The van der Waals surface area contributed by atoms with Gasteiger partial charge in [-0.25, -0.2) is 4.98 Å². The largest absolute Gasteiger partial charge is 0.493 e. The van der Waals surface area contributed by atoms with Gasteiger partial charge >= 0.3 is 0 Å². The van der Waals surface area contributed by atoms with Gasteiger partial charge in [0.25, 0.3) is 0 Å². The molecule has 0 amide bonds. The molecule has 0 saturated heterocycles. The fraction of sp³-hybridized carbons (Fsp3) is 0.400. The van der Waals surface area contributed by atoms with Crippen LogP contribution >= 0.6 is 11.3 Å². The third kappa shape index (κ3) is 2.17. The van der Waals surface area contributed by atoms with E-state index in [-0.39, 0.29) is 0 Å². The third-order valence-electron chi connectivity index (χ3n) is 3.57. The monoisotopic (exact) mass is 290 g/mol. The van der Waals surface area contributed by atoms with Crippen LogP contribution in [0.4, 0.5) is 0 Å². The van der Waals surface area contributed by atoms with Crippen LogP contribution in [0, 0.1) is 0 Å². The van der Waals surface area contributed by atoms with Crippen molar-refractivity contribution in [3.05, 3.63) is 28.8 Å². The van der Waals surface area contributed by atoms with Gasteiger partial charge in [0.15, 0.2) is 11.5 Å². The average Bonchev–Trinajstić information content (AvgIpc) is 2.91. The van der Waals surface area contributed by atoms with Gasteiger partial charge in [-0.05, 0) is 19.1 Å². The summed E-state index contributed by atoms with van der Waals surface area (Å²) >= 11 is 1.74. The lowest BCUT2D eigenvalue weighted by Gasteiger charge is -2.18. The number of fused-ring (bicyclic) bond motifs is 1. The number of methoxy groups -OCH3 is 2. The smallest absolute Gasteiger partial charge is 0.170 e. The van der Waals surface area contributed by atoms with Crippen LogP contribution in [0.5, 0.6) is 11.5 Å². The average molecular weight is 290 g/mol. The van der Waals surface area contributed by atoms with Crippen molar-refractivity contribution in [2.24, 2.45) is 0 Å². The number of thiazole rings is 1. The summed E-state index contributed by atoms with van der Waals surface area (Å²) in [6.45, 7) is 3.18. The molecule has 1 aliphatic rings. The number of hydrogen-bond acceptors (Lipinski definition) is 5. The highest BCUT2D eigenvalue weighted by Gasteiger charge is 2.23. The van der Waals surface area contributed by atoms with Gasteiger partial charge in [-0.2, -0.15) is 0 Å². The van der Waals surface area contributed by atoms with Crippen LogP contribution in [0.15, 0.2) is 18.2 Å². The van der Waals surface area contributed by atoms with Gasteiger partial charge in [0.1, 0.15) is 5.01 Å². The van der Waals surface area contributed by atoms with Gasteiger partial charge in [-0.15, -0.1) is 11.3 Å². The maximum Gasteiger partial charge on any atom is 0.170 e. The molecule has 4 nitrogen and oxygen atoms in total. The number of benzene rings is 1.